The van der Waals surface area contributed by atoms with Crippen LogP contribution < -0.4 is 0 Å². The number of methoxy groups -OCH3 is 2. The fraction of sp³-hybridized carbons (Fsp3) is 0.963. The van der Waals surface area contributed by atoms with Gasteiger partial charge < -0.3 is 14.6 Å². The van der Waals surface area contributed by atoms with E-state index >= 15 is 0 Å². The average Bonchev–Trinajstić information content (AvgIpc) is 3.10. The van der Waals surface area contributed by atoms with E-state index in [4.69, 9.17) is 9.47 Å². The summed E-state index contributed by atoms with van der Waals surface area (Å²) in [6, 6.07) is 0. The van der Waals surface area contributed by atoms with E-state index < -0.39 is 5.60 Å². The highest BCUT2D eigenvalue weighted by molar-refractivity contribution is 5.69. The zero-order chi connectivity index (χ0) is 22.4. The first-order chi connectivity index (χ1) is 14.7. The van der Waals surface area contributed by atoms with Crippen molar-refractivity contribution in [2.75, 3.05) is 20.8 Å². The van der Waals surface area contributed by atoms with Crippen molar-refractivity contribution in [3.8, 4) is 0 Å². The van der Waals surface area contributed by atoms with E-state index in [0.717, 1.165) is 49.4 Å². The summed E-state index contributed by atoms with van der Waals surface area (Å²) in [4.78, 5) is 11.7. The molecule has 31 heavy (non-hydrogen) atoms. The second kappa shape index (κ2) is 8.63. The molecule has 9 unspecified atom stereocenters. The van der Waals surface area contributed by atoms with Crippen LogP contribution in [-0.2, 0) is 14.3 Å². The minimum Gasteiger partial charge on any atom is -0.469 e. The minimum atomic E-state index is -0.609. The molecule has 4 nitrogen and oxygen atoms in total. The van der Waals surface area contributed by atoms with Crippen molar-refractivity contribution in [1.82, 2.24) is 0 Å². The van der Waals surface area contributed by atoms with Crippen LogP contribution in [0, 0.1) is 46.3 Å². The Balaban J connectivity index is 1.47. The number of esters is 1. The Morgan fingerprint density at radius 1 is 1.00 bits per heavy atom. The Kier molecular flexibility index (Phi) is 6.55. The number of carbonyl (C=O) groups is 1. The van der Waals surface area contributed by atoms with E-state index in [1.165, 1.54) is 45.6 Å². The summed E-state index contributed by atoms with van der Waals surface area (Å²) < 4.78 is 10.3. The van der Waals surface area contributed by atoms with Crippen LogP contribution in [0.15, 0.2) is 0 Å². The van der Waals surface area contributed by atoms with Crippen molar-refractivity contribution in [3.63, 3.8) is 0 Å². The molecule has 0 spiro atoms. The molecule has 0 amide bonds. The number of aliphatic hydroxyl groups is 1. The highest BCUT2D eigenvalue weighted by Gasteiger charge is 2.61. The first kappa shape index (κ1) is 23.5. The van der Waals surface area contributed by atoms with E-state index in [0.29, 0.717) is 35.7 Å². The SMILES string of the molecule is COCC1(O)CCC2(C)C(CCC3C2CCC2(C)C(C(C)CCC(=O)OC)CCC32)C1. The number of carbonyl (C=O) groups excluding carboxylic acids is 1. The summed E-state index contributed by atoms with van der Waals surface area (Å²) in [7, 11) is 3.22. The van der Waals surface area contributed by atoms with E-state index in [9.17, 15) is 9.90 Å². The first-order valence-electron chi connectivity index (χ1n) is 12.9. The lowest BCUT2D eigenvalue weighted by Gasteiger charge is -2.62. The molecule has 178 valence electrons. The smallest absolute Gasteiger partial charge is 0.305 e. The van der Waals surface area contributed by atoms with Crippen LogP contribution in [0.25, 0.3) is 0 Å². The maximum atomic E-state index is 11.7. The maximum absolute atomic E-state index is 11.7. The molecule has 4 saturated carbocycles. The molecule has 0 heterocycles. The Morgan fingerprint density at radius 3 is 2.45 bits per heavy atom. The van der Waals surface area contributed by atoms with Crippen LogP contribution in [0.2, 0.25) is 0 Å². The molecule has 0 radical (unpaired) electrons. The van der Waals surface area contributed by atoms with Crippen LogP contribution >= 0.6 is 0 Å². The maximum Gasteiger partial charge on any atom is 0.305 e. The normalized spacial score (nSPS) is 47.7. The molecule has 4 heteroatoms. The monoisotopic (exact) mass is 434 g/mol. The fourth-order valence-electron chi connectivity index (χ4n) is 9.35. The lowest BCUT2D eigenvalue weighted by Crippen LogP contribution is -2.56. The molecule has 0 aliphatic heterocycles. The molecule has 0 bridgehead atoms. The van der Waals surface area contributed by atoms with Gasteiger partial charge >= 0.3 is 5.97 Å². The molecule has 4 aliphatic rings. The highest BCUT2D eigenvalue weighted by atomic mass is 16.5. The summed E-state index contributed by atoms with van der Waals surface area (Å²) in [6.45, 7) is 8.02. The molecule has 0 saturated heterocycles. The molecular formula is C27H46O4. The van der Waals surface area contributed by atoms with Crippen molar-refractivity contribution in [1.29, 1.82) is 0 Å². The third-order valence-electron chi connectivity index (χ3n) is 11.0. The second-order valence-electron chi connectivity index (χ2n) is 12.3. The summed E-state index contributed by atoms with van der Waals surface area (Å²) in [6.07, 6.45) is 12.5. The van der Waals surface area contributed by atoms with E-state index in [1.807, 2.05) is 0 Å². The largest absolute Gasteiger partial charge is 0.469 e. The van der Waals surface area contributed by atoms with Gasteiger partial charge in [0.2, 0.25) is 0 Å². The van der Waals surface area contributed by atoms with Crippen LogP contribution in [0.4, 0.5) is 0 Å². The molecule has 9 atom stereocenters. The lowest BCUT2D eigenvalue weighted by atomic mass is 9.43. The van der Waals surface area contributed by atoms with Gasteiger partial charge in [-0.2, -0.15) is 0 Å². The Bertz CT molecular complexity index is 664. The lowest BCUT2D eigenvalue weighted by molar-refractivity contribution is -0.163. The van der Waals surface area contributed by atoms with E-state index in [2.05, 4.69) is 20.8 Å². The number of ether oxygens (including phenoxy) is 2. The topological polar surface area (TPSA) is 55.8 Å². The predicted octanol–water partition coefficient (Wildman–Crippen LogP) is 5.61. The molecule has 4 rings (SSSR count). The van der Waals surface area contributed by atoms with Crippen molar-refractivity contribution in [2.24, 2.45) is 46.3 Å². The second-order valence-corrected chi connectivity index (χ2v) is 12.3. The first-order valence-corrected chi connectivity index (χ1v) is 12.9. The fourth-order valence-corrected chi connectivity index (χ4v) is 9.35. The van der Waals surface area contributed by atoms with Gasteiger partial charge in [-0.1, -0.05) is 20.8 Å². The number of fused-ring (bicyclic) bond motifs is 5. The summed E-state index contributed by atoms with van der Waals surface area (Å²) >= 11 is 0. The van der Waals surface area contributed by atoms with Gasteiger partial charge in [-0.25, -0.2) is 0 Å². The minimum absolute atomic E-state index is 0.0627. The van der Waals surface area contributed by atoms with Crippen molar-refractivity contribution in [3.05, 3.63) is 0 Å². The van der Waals surface area contributed by atoms with Gasteiger partial charge in [-0.05, 0) is 111 Å². The number of rotatable bonds is 6. The van der Waals surface area contributed by atoms with Gasteiger partial charge in [0, 0.05) is 13.5 Å². The van der Waals surface area contributed by atoms with Gasteiger partial charge in [0.25, 0.3) is 0 Å². The Labute approximate surface area is 189 Å². The van der Waals surface area contributed by atoms with Crippen molar-refractivity contribution < 1.29 is 19.4 Å². The van der Waals surface area contributed by atoms with Crippen LogP contribution in [-0.4, -0.2) is 37.5 Å². The molecule has 4 aliphatic carbocycles. The van der Waals surface area contributed by atoms with E-state index in [-0.39, 0.29) is 5.97 Å². The summed E-state index contributed by atoms with van der Waals surface area (Å²) in [5, 5.41) is 11.1. The summed E-state index contributed by atoms with van der Waals surface area (Å²) in [5.74, 6) is 4.43. The zero-order valence-electron chi connectivity index (χ0n) is 20.6. The van der Waals surface area contributed by atoms with Gasteiger partial charge in [-0.15, -0.1) is 0 Å². The molecule has 0 aromatic carbocycles. The van der Waals surface area contributed by atoms with Crippen molar-refractivity contribution in [2.45, 2.75) is 97.0 Å². The van der Waals surface area contributed by atoms with Gasteiger partial charge in [0.1, 0.15) is 0 Å². The zero-order valence-corrected chi connectivity index (χ0v) is 20.6. The predicted molar refractivity (Wildman–Crippen MR) is 122 cm³/mol. The number of hydrogen-bond acceptors (Lipinski definition) is 4. The molecule has 4 fully saturated rings. The van der Waals surface area contributed by atoms with E-state index in [1.54, 1.807) is 7.11 Å². The van der Waals surface area contributed by atoms with Crippen LogP contribution in [0.1, 0.15) is 91.4 Å². The third kappa shape index (κ3) is 3.98. The van der Waals surface area contributed by atoms with Gasteiger partial charge in [0.05, 0.1) is 19.3 Å². The van der Waals surface area contributed by atoms with Gasteiger partial charge in [-0.3, -0.25) is 4.79 Å². The summed E-state index contributed by atoms with van der Waals surface area (Å²) in [5.41, 5.74) is 0.215. The molecule has 0 aromatic rings. The number of hydrogen-bond donors (Lipinski definition) is 1. The van der Waals surface area contributed by atoms with Crippen LogP contribution in [0.3, 0.4) is 0 Å². The third-order valence-corrected chi connectivity index (χ3v) is 11.0. The molecule has 1 N–H and O–H groups in total. The quantitative estimate of drug-likeness (QED) is 0.552. The average molecular weight is 435 g/mol. The Morgan fingerprint density at radius 2 is 1.74 bits per heavy atom. The Hall–Kier alpha value is -0.610. The molecule has 0 aromatic heterocycles. The highest BCUT2D eigenvalue weighted by Crippen LogP contribution is 2.68. The van der Waals surface area contributed by atoms with Crippen LogP contribution in [0.5, 0.6) is 0 Å². The standard InChI is InChI=1S/C27H46O4/c1-18(6-11-24(28)31-5)21-9-10-22-20-8-7-19-16-27(29,17-30-4)15-14-25(19,2)23(20)12-13-26(21,22)3/h18-23,29H,6-17H2,1-5H3. The van der Waals surface area contributed by atoms with Gasteiger partial charge in [0.15, 0.2) is 0 Å². The molecular weight excluding hydrogens is 388 g/mol. The van der Waals surface area contributed by atoms with Crippen molar-refractivity contribution >= 4 is 5.97 Å².